The van der Waals surface area contributed by atoms with Crippen LogP contribution in [0.25, 0.3) is 5.69 Å². The molecule has 0 radical (unpaired) electrons. The first-order chi connectivity index (χ1) is 14.1. The van der Waals surface area contributed by atoms with Crippen LogP contribution in [0.15, 0.2) is 54.6 Å². The van der Waals surface area contributed by atoms with Gasteiger partial charge in [-0.2, -0.15) is 5.10 Å². The topological polar surface area (TPSA) is 65.4 Å². The monoisotopic (exact) mass is 391 g/mol. The zero-order valence-electron chi connectivity index (χ0n) is 16.7. The van der Waals surface area contributed by atoms with Crippen molar-refractivity contribution >= 4 is 11.6 Å². The molecule has 2 aromatic carbocycles. The second kappa shape index (κ2) is 8.49. The van der Waals surface area contributed by atoms with Crippen LogP contribution in [0.5, 0.6) is 5.75 Å². The van der Waals surface area contributed by atoms with E-state index in [1.165, 1.54) is 0 Å². The Morgan fingerprint density at radius 1 is 1.21 bits per heavy atom. The average Bonchev–Trinajstić information content (AvgIpc) is 3.37. The molecule has 1 aromatic heterocycles. The summed E-state index contributed by atoms with van der Waals surface area (Å²) in [5.74, 6) is 0.480. The van der Waals surface area contributed by atoms with E-state index in [0.29, 0.717) is 17.9 Å². The van der Waals surface area contributed by atoms with E-state index in [0.717, 1.165) is 42.2 Å². The first-order valence-electron chi connectivity index (χ1n) is 9.89. The van der Waals surface area contributed by atoms with Gasteiger partial charge in [0.15, 0.2) is 0 Å². The molecule has 0 aliphatic carbocycles. The summed E-state index contributed by atoms with van der Waals surface area (Å²) in [7, 11) is 0. The Labute approximate surface area is 170 Å². The van der Waals surface area contributed by atoms with Gasteiger partial charge in [0, 0.05) is 12.2 Å². The van der Waals surface area contributed by atoms with Crippen molar-refractivity contribution in [2.75, 3.05) is 18.5 Å². The number of nitrogens with zero attached hydrogens (tertiary/aromatic N) is 2. The average molecular weight is 391 g/mol. The van der Waals surface area contributed by atoms with Gasteiger partial charge in [0.25, 0.3) is 5.91 Å². The van der Waals surface area contributed by atoms with Crippen LogP contribution in [0, 0.1) is 13.8 Å². The van der Waals surface area contributed by atoms with E-state index in [2.05, 4.69) is 10.4 Å². The lowest BCUT2D eigenvalue weighted by Crippen LogP contribution is -2.17. The van der Waals surface area contributed by atoms with Gasteiger partial charge in [-0.1, -0.05) is 24.3 Å². The first-order valence-corrected chi connectivity index (χ1v) is 9.89. The molecule has 0 spiro atoms. The van der Waals surface area contributed by atoms with Crippen molar-refractivity contribution in [3.8, 4) is 11.4 Å². The van der Waals surface area contributed by atoms with Gasteiger partial charge in [-0.3, -0.25) is 4.79 Å². The summed E-state index contributed by atoms with van der Waals surface area (Å²) in [6.45, 7) is 5.14. The molecule has 1 unspecified atom stereocenters. The summed E-state index contributed by atoms with van der Waals surface area (Å²) in [4.78, 5) is 12.8. The maximum Gasteiger partial charge on any atom is 0.255 e. The summed E-state index contributed by atoms with van der Waals surface area (Å²) in [5, 5.41) is 7.59. The van der Waals surface area contributed by atoms with Crippen LogP contribution in [0.1, 0.15) is 34.6 Å². The van der Waals surface area contributed by atoms with Crippen molar-refractivity contribution in [1.29, 1.82) is 0 Å². The fourth-order valence-electron chi connectivity index (χ4n) is 3.52. The Kier molecular flexibility index (Phi) is 5.62. The lowest BCUT2D eigenvalue weighted by Gasteiger charge is -2.12. The van der Waals surface area contributed by atoms with Gasteiger partial charge in [0.1, 0.15) is 12.4 Å². The van der Waals surface area contributed by atoms with Crippen LogP contribution in [-0.4, -0.2) is 35.0 Å². The Morgan fingerprint density at radius 2 is 2.03 bits per heavy atom. The molecule has 1 aliphatic heterocycles. The van der Waals surface area contributed by atoms with Crippen LogP contribution in [-0.2, 0) is 4.74 Å². The van der Waals surface area contributed by atoms with Gasteiger partial charge in [0.05, 0.1) is 28.9 Å². The number of aromatic nitrogens is 2. The minimum atomic E-state index is -0.189. The highest BCUT2D eigenvalue weighted by Crippen LogP contribution is 2.24. The third-order valence-corrected chi connectivity index (χ3v) is 5.09. The van der Waals surface area contributed by atoms with Crippen molar-refractivity contribution < 1.29 is 14.3 Å². The molecule has 0 bridgehead atoms. The lowest BCUT2D eigenvalue weighted by molar-refractivity contribution is 0.0679. The molecule has 150 valence electrons. The molecule has 6 heteroatoms. The highest BCUT2D eigenvalue weighted by Gasteiger charge is 2.18. The van der Waals surface area contributed by atoms with Gasteiger partial charge in [-0.25, -0.2) is 4.68 Å². The highest BCUT2D eigenvalue weighted by atomic mass is 16.5. The molecule has 1 amide bonds. The number of rotatable bonds is 6. The molecular formula is C23H25N3O3. The number of benzene rings is 2. The summed E-state index contributed by atoms with van der Waals surface area (Å²) < 4.78 is 13.2. The summed E-state index contributed by atoms with van der Waals surface area (Å²) in [6, 6.07) is 17.1. The Bertz CT molecular complexity index is 992. The minimum absolute atomic E-state index is 0.140. The van der Waals surface area contributed by atoms with E-state index in [-0.39, 0.29) is 12.0 Å². The fourth-order valence-corrected chi connectivity index (χ4v) is 3.52. The van der Waals surface area contributed by atoms with E-state index in [1.807, 2.05) is 61.0 Å². The molecule has 1 aliphatic rings. The second-order valence-electron chi connectivity index (χ2n) is 7.22. The highest BCUT2D eigenvalue weighted by molar-refractivity contribution is 6.05. The number of para-hydroxylation sites is 1. The summed E-state index contributed by atoms with van der Waals surface area (Å²) >= 11 is 0. The van der Waals surface area contributed by atoms with E-state index < -0.39 is 0 Å². The van der Waals surface area contributed by atoms with Gasteiger partial charge >= 0.3 is 0 Å². The maximum absolute atomic E-state index is 12.8. The third-order valence-electron chi connectivity index (χ3n) is 5.09. The van der Waals surface area contributed by atoms with E-state index in [9.17, 15) is 4.79 Å². The number of hydrogen-bond donors (Lipinski definition) is 1. The number of carbonyl (C=O) groups excluding carboxylic acids is 1. The number of hydrogen-bond acceptors (Lipinski definition) is 4. The molecule has 29 heavy (non-hydrogen) atoms. The molecular weight excluding hydrogens is 366 g/mol. The Balaban J connectivity index is 1.48. The Morgan fingerprint density at radius 3 is 2.79 bits per heavy atom. The van der Waals surface area contributed by atoms with Crippen LogP contribution >= 0.6 is 0 Å². The quantitative estimate of drug-likeness (QED) is 0.680. The van der Waals surface area contributed by atoms with Gasteiger partial charge in [-0.15, -0.1) is 0 Å². The smallest absolute Gasteiger partial charge is 0.255 e. The van der Waals surface area contributed by atoms with Gasteiger partial charge in [0.2, 0.25) is 0 Å². The fraction of sp³-hybridized carbons (Fsp3) is 0.304. The third kappa shape index (κ3) is 4.32. The van der Waals surface area contributed by atoms with E-state index >= 15 is 0 Å². The van der Waals surface area contributed by atoms with Crippen LogP contribution in [0.2, 0.25) is 0 Å². The molecule has 6 nitrogen and oxygen atoms in total. The lowest BCUT2D eigenvalue weighted by atomic mass is 10.2. The van der Waals surface area contributed by atoms with Crippen molar-refractivity contribution in [3.05, 3.63) is 71.5 Å². The largest absolute Gasteiger partial charge is 0.491 e. The zero-order chi connectivity index (χ0) is 20.2. The van der Waals surface area contributed by atoms with Crippen LogP contribution < -0.4 is 10.1 Å². The van der Waals surface area contributed by atoms with E-state index in [1.54, 1.807) is 12.1 Å². The molecule has 3 aromatic rings. The predicted molar refractivity (Wildman–Crippen MR) is 112 cm³/mol. The molecule has 4 rings (SSSR count). The second-order valence-corrected chi connectivity index (χ2v) is 7.22. The number of amides is 1. The van der Waals surface area contributed by atoms with Gasteiger partial charge in [-0.05, 0) is 57.0 Å². The molecule has 2 heterocycles. The maximum atomic E-state index is 12.8. The summed E-state index contributed by atoms with van der Waals surface area (Å²) in [5.41, 5.74) is 3.88. The SMILES string of the molecule is Cc1nn(-c2ccccc2)c(C)c1NC(=O)c1cccc(OCC2CCCO2)c1. The van der Waals surface area contributed by atoms with E-state index in [4.69, 9.17) is 9.47 Å². The van der Waals surface area contributed by atoms with Crippen molar-refractivity contribution in [3.63, 3.8) is 0 Å². The van der Waals surface area contributed by atoms with Crippen molar-refractivity contribution in [2.24, 2.45) is 0 Å². The van der Waals surface area contributed by atoms with Crippen LogP contribution in [0.4, 0.5) is 5.69 Å². The number of ether oxygens (including phenoxy) is 2. The Hall–Kier alpha value is -3.12. The minimum Gasteiger partial charge on any atom is -0.491 e. The summed E-state index contributed by atoms with van der Waals surface area (Å²) in [6.07, 6.45) is 2.23. The predicted octanol–water partition coefficient (Wildman–Crippen LogP) is 4.30. The molecule has 0 saturated carbocycles. The number of carbonyl (C=O) groups is 1. The molecule has 1 fully saturated rings. The van der Waals surface area contributed by atoms with Crippen molar-refractivity contribution in [2.45, 2.75) is 32.8 Å². The molecule has 1 N–H and O–H groups in total. The van der Waals surface area contributed by atoms with Crippen LogP contribution in [0.3, 0.4) is 0 Å². The zero-order valence-corrected chi connectivity index (χ0v) is 16.7. The normalized spacial score (nSPS) is 16.0. The number of aryl methyl sites for hydroxylation is 1. The van der Waals surface area contributed by atoms with Gasteiger partial charge < -0.3 is 14.8 Å². The number of anilines is 1. The molecule has 1 atom stereocenters. The van der Waals surface area contributed by atoms with Crippen molar-refractivity contribution in [1.82, 2.24) is 9.78 Å². The molecule has 1 saturated heterocycles. The standard InChI is InChI=1S/C23H25N3O3/c1-16-22(17(2)26(25-16)19-9-4-3-5-10-19)24-23(27)18-8-6-11-20(14-18)29-15-21-12-7-13-28-21/h3-6,8-11,14,21H,7,12-13,15H2,1-2H3,(H,24,27). The first kappa shape index (κ1) is 19.2. The number of nitrogens with one attached hydrogen (secondary N) is 1.